The van der Waals surface area contributed by atoms with E-state index < -0.39 is 46.4 Å². The first kappa shape index (κ1) is 49.0. The molecule has 0 fully saturated rings. The van der Waals surface area contributed by atoms with Gasteiger partial charge in [0.15, 0.2) is 11.2 Å². The first-order chi connectivity index (χ1) is 34.0. The number of carbonyl (C=O) groups is 4. The standard InChI is InChI=1S/C56H56N4O9S/c1-37(2)50(59-54(64)67-34-46-44-29-16-14-27-42(44)43-28-15-17-30-45(43)46)52(62)69-41(32-48(61)57-33-49-58-47(35-66-49)51-60-55(3,36-68-51)53(63)65-4)26-18-19-31-70-56(38-20-8-5-9-21-38,39-22-10-6-11-23-39)40-24-12-7-13-25-40/h5-18,20-30,35,37,41,46,50H,19,31-34,36H2,1-4H3,(H,57,61)(H,59,64)/b26-18+/t41-,50+,55+/m1/s1. The molecular weight excluding hydrogens is 905 g/mol. The molecule has 0 saturated heterocycles. The summed E-state index contributed by atoms with van der Waals surface area (Å²) in [6.07, 6.45) is 3.52. The normalized spacial score (nSPS) is 16.1. The van der Waals surface area contributed by atoms with Gasteiger partial charge in [0.05, 0.1) is 24.8 Å². The van der Waals surface area contributed by atoms with Gasteiger partial charge in [-0.05, 0) is 70.0 Å². The van der Waals surface area contributed by atoms with Crippen molar-refractivity contribution >= 4 is 41.6 Å². The molecule has 2 heterocycles. The molecule has 2 N–H and O–H groups in total. The van der Waals surface area contributed by atoms with Crippen LogP contribution in [0.5, 0.6) is 0 Å². The molecule has 14 heteroatoms. The zero-order valence-corrected chi connectivity index (χ0v) is 40.4. The molecule has 0 spiro atoms. The van der Waals surface area contributed by atoms with Crippen molar-refractivity contribution in [3.8, 4) is 11.1 Å². The molecule has 0 bridgehead atoms. The van der Waals surface area contributed by atoms with E-state index in [2.05, 4.69) is 106 Å². The van der Waals surface area contributed by atoms with Crippen molar-refractivity contribution in [1.29, 1.82) is 0 Å². The Balaban J connectivity index is 0.961. The number of benzene rings is 5. The molecular formula is C56H56N4O9S. The average molecular weight is 961 g/mol. The Kier molecular flexibility index (Phi) is 15.6. The molecule has 1 aromatic heterocycles. The second kappa shape index (κ2) is 22.3. The maximum Gasteiger partial charge on any atom is 0.407 e. The van der Waals surface area contributed by atoms with Crippen LogP contribution in [-0.2, 0) is 44.6 Å². The minimum atomic E-state index is -1.22. The van der Waals surface area contributed by atoms with Crippen molar-refractivity contribution in [2.45, 2.75) is 68.5 Å². The number of aromatic nitrogens is 1. The van der Waals surface area contributed by atoms with Crippen LogP contribution in [0.4, 0.5) is 4.79 Å². The van der Waals surface area contributed by atoms with Crippen LogP contribution in [0.3, 0.4) is 0 Å². The first-order valence-electron chi connectivity index (χ1n) is 23.3. The smallest absolute Gasteiger partial charge is 0.407 e. The molecule has 3 atom stereocenters. The lowest BCUT2D eigenvalue weighted by molar-refractivity contribution is -0.151. The number of aliphatic imine (C=N–C) groups is 1. The van der Waals surface area contributed by atoms with Gasteiger partial charge in [-0.25, -0.2) is 24.4 Å². The number of esters is 2. The molecule has 2 aliphatic rings. The van der Waals surface area contributed by atoms with E-state index in [0.717, 1.165) is 38.9 Å². The first-order valence-corrected chi connectivity index (χ1v) is 24.3. The Labute approximate surface area is 412 Å². The Morgan fingerprint density at radius 3 is 1.97 bits per heavy atom. The Morgan fingerprint density at radius 2 is 1.40 bits per heavy atom. The lowest BCUT2D eigenvalue weighted by Gasteiger charge is -2.35. The highest BCUT2D eigenvalue weighted by atomic mass is 32.2. The van der Waals surface area contributed by atoms with Crippen LogP contribution in [0.15, 0.2) is 167 Å². The Morgan fingerprint density at radius 1 is 0.829 bits per heavy atom. The Bertz CT molecular complexity index is 2690. The average Bonchev–Trinajstić information content (AvgIpc) is 4.12. The Hall–Kier alpha value is -7.45. The third-order valence-electron chi connectivity index (χ3n) is 12.4. The lowest BCUT2D eigenvalue weighted by Crippen LogP contribution is -2.47. The summed E-state index contributed by atoms with van der Waals surface area (Å²) in [4.78, 5) is 62.1. The number of carbonyl (C=O) groups excluding carboxylic acids is 4. The SMILES string of the molecule is COC(=O)[C@]1(C)COC(c2coc(CNC(=O)C[C@@H](/C=C/CCSC(c3ccccc3)(c3ccccc3)c3ccccc3)OC(=O)[C@@H](NC(=O)OCC3c4ccccc4-c4ccccc43)C(C)C)n2)=N1. The second-order valence-corrected chi connectivity index (χ2v) is 18.9. The molecule has 360 valence electrons. The van der Waals surface area contributed by atoms with Crippen LogP contribution in [0.1, 0.15) is 78.9 Å². The second-order valence-electron chi connectivity index (χ2n) is 17.6. The van der Waals surface area contributed by atoms with Crippen molar-refractivity contribution in [2.24, 2.45) is 10.9 Å². The van der Waals surface area contributed by atoms with Gasteiger partial charge < -0.3 is 34.0 Å². The van der Waals surface area contributed by atoms with Gasteiger partial charge in [-0.2, -0.15) is 0 Å². The van der Waals surface area contributed by atoms with Gasteiger partial charge in [0.2, 0.25) is 17.7 Å². The molecule has 1 aliphatic carbocycles. The number of allylic oxidation sites excluding steroid dienone is 1. The summed E-state index contributed by atoms with van der Waals surface area (Å²) < 4.78 is 27.4. The molecule has 5 aromatic carbocycles. The zero-order valence-electron chi connectivity index (χ0n) is 39.5. The predicted octanol–water partition coefficient (Wildman–Crippen LogP) is 9.54. The van der Waals surface area contributed by atoms with Gasteiger partial charge in [0, 0.05) is 5.92 Å². The number of amides is 2. The maximum atomic E-state index is 14.1. The number of ether oxygens (including phenoxy) is 4. The van der Waals surface area contributed by atoms with E-state index in [1.165, 1.54) is 13.4 Å². The van der Waals surface area contributed by atoms with Crippen molar-refractivity contribution in [2.75, 3.05) is 26.1 Å². The number of alkyl carbamates (subject to hydrolysis) is 1. The summed E-state index contributed by atoms with van der Waals surface area (Å²) in [6.45, 7) is 5.14. The number of fused-ring (bicyclic) bond motifs is 3. The summed E-state index contributed by atoms with van der Waals surface area (Å²) >= 11 is 1.79. The fourth-order valence-corrected chi connectivity index (χ4v) is 10.3. The van der Waals surface area contributed by atoms with Crippen LogP contribution in [0.2, 0.25) is 0 Å². The van der Waals surface area contributed by atoms with Gasteiger partial charge in [-0.15, -0.1) is 11.8 Å². The summed E-state index contributed by atoms with van der Waals surface area (Å²) in [5, 5.41) is 5.54. The van der Waals surface area contributed by atoms with E-state index in [9.17, 15) is 19.2 Å². The molecule has 0 unspecified atom stereocenters. The number of hydrogen-bond acceptors (Lipinski definition) is 12. The van der Waals surface area contributed by atoms with Crippen LogP contribution < -0.4 is 10.6 Å². The van der Waals surface area contributed by atoms with E-state index in [1.54, 1.807) is 38.6 Å². The van der Waals surface area contributed by atoms with Crippen LogP contribution in [0, 0.1) is 5.92 Å². The molecule has 1 aliphatic heterocycles. The van der Waals surface area contributed by atoms with Crippen LogP contribution in [0.25, 0.3) is 11.1 Å². The van der Waals surface area contributed by atoms with Crippen LogP contribution >= 0.6 is 11.8 Å². The fraction of sp³-hybridized carbons (Fsp3) is 0.286. The molecule has 6 aromatic rings. The van der Waals surface area contributed by atoms with E-state index in [4.69, 9.17) is 23.4 Å². The van der Waals surface area contributed by atoms with Crippen LogP contribution in [-0.4, -0.2) is 78.6 Å². The minimum absolute atomic E-state index is 0.0208. The third kappa shape index (κ3) is 11.0. The highest BCUT2D eigenvalue weighted by Gasteiger charge is 2.42. The van der Waals surface area contributed by atoms with Crippen molar-refractivity contribution in [1.82, 2.24) is 15.6 Å². The number of oxazole rings is 1. The van der Waals surface area contributed by atoms with Gasteiger partial charge in [0.1, 0.15) is 31.6 Å². The number of methoxy groups -OCH3 is 1. The van der Waals surface area contributed by atoms with Crippen molar-refractivity contribution in [3.05, 3.63) is 197 Å². The van der Waals surface area contributed by atoms with E-state index in [0.29, 0.717) is 12.2 Å². The van der Waals surface area contributed by atoms with Gasteiger partial charge >= 0.3 is 18.0 Å². The lowest BCUT2D eigenvalue weighted by atomic mass is 9.84. The molecule has 8 rings (SSSR count). The maximum absolute atomic E-state index is 14.1. The fourth-order valence-electron chi connectivity index (χ4n) is 8.81. The van der Waals surface area contributed by atoms with Gasteiger partial charge in [0.25, 0.3) is 0 Å². The largest absolute Gasteiger partial charge is 0.473 e. The monoisotopic (exact) mass is 960 g/mol. The van der Waals surface area contributed by atoms with E-state index >= 15 is 0 Å². The van der Waals surface area contributed by atoms with Crippen molar-refractivity contribution in [3.63, 3.8) is 0 Å². The minimum Gasteiger partial charge on any atom is -0.473 e. The summed E-state index contributed by atoms with van der Waals surface area (Å²) in [7, 11) is 1.28. The summed E-state index contributed by atoms with van der Waals surface area (Å²) in [5.74, 6) is -1.33. The van der Waals surface area contributed by atoms with Crippen molar-refractivity contribution < 1.29 is 42.5 Å². The third-order valence-corrected chi connectivity index (χ3v) is 13.9. The number of hydrogen-bond donors (Lipinski definition) is 2. The number of thioether (sulfide) groups is 1. The molecule has 0 radical (unpaired) electrons. The zero-order chi connectivity index (χ0) is 49.1. The number of rotatable bonds is 20. The number of nitrogens with zero attached hydrogens (tertiary/aromatic N) is 2. The molecule has 2 amide bonds. The van der Waals surface area contributed by atoms with Gasteiger partial charge in [-0.3, -0.25) is 4.79 Å². The topological polar surface area (TPSA) is 168 Å². The predicted molar refractivity (Wildman–Crippen MR) is 268 cm³/mol. The highest BCUT2D eigenvalue weighted by molar-refractivity contribution is 8.00. The number of nitrogens with one attached hydrogen (secondary N) is 2. The van der Waals surface area contributed by atoms with E-state index in [1.807, 2.05) is 60.7 Å². The molecule has 0 saturated carbocycles. The molecule has 13 nitrogen and oxygen atoms in total. The summed E-state index contributed by atoms with van der Waals surface area (Å²) in [5.41, 5.74) is 6.77. The quantitative estimate of drug-likeness (QED) is 0.0246. The van der Waals surface area contributed by atoms with Gasteiger partial charge in [-0.1, -0.05) is 159 Å². The van der Waals surface area contributed by atoms with E-state index in [-0.39, 0.29) is 55.5 Å². The summed E-state index contributed by atoms with van der Waals surface area (Å²) in [6, 6.07) is 46.3. The molecule has 70 heavy (non-hydrogen) atoms. The highest BCUT2D eigenvalue weighted by Crippen LogP contribution is 2.49.